The Morgan fingerprint density at radius 2 is 2.29 bits per heavy atom. The first-order chi connectivity index (χ1) is 6.84. The van der Waals surface area contributed by atoms with Crippen LogP contribution in [0.3, 0.4) is 0 Å². The van der Waals surface area contributed by atoms with Crippen molar-refractivity contribution < 1.29 is 4.74 Å². The molecular formula is C8H12ClN3OS. The van der Waals surface area contributed by atoms with Gasteiger partial charge < -0.3 is 4.74 Å². The maximum absolute atomic E-state index is 5.71. The minimum Gasteiger partial charge on any atom is -0.380 e. The van der Waals surface area contributed by atoms with Crippen LogP contribution in [0.5, 0.6) is 0 Å². The van der Waals surface area contributed by atoms with Gasteiger partial charge in [-0.3, -0.25) is 4.90 Å². The Morgan fingerprint density at radius 1 is 1.36 bits per heavy atom. The third-order valence-corrected chi connectivity index (χ3v) is 3.12. The minimum atomic E-state index is 0.520. The van der Waals surface area contributed by atoms with Crippen LogP contribution in [0.1, 0.15) is 11.4 Å². The maximum atomic E-state index is 5.71. The standard InChI is InChI=1S/C8H12ClN3OS/c9-8-11-10-7(14-8)6-12-2-1-4-13-5-3-12/h1-6H2. The van der Waals surface area contributed by atoms with Gasteiger partial charge >= 0.3 is 0 Å². The van der Waals surface area contributed by atoms with Crippen molar-refractivity contribution in [2.24, 2.45) is 0 Å². The van der Waals surface area contributed by atoms with E-state index in [0.717, 1.165) is 44.3 Å². The molecule has 0 unspecified atom stereocenters. The number of rotatable bonds is 2. The van der Waals surface area contributed by atoms with E-state index < -0.39 is 0 Å². The van der Waals surface area contributed by atoms with Gasteiger partial charge in [-0.15, -0.1) is 10.2 Å². The predicted molar refractivity (Wildman–Crippen MR) is 55.6 cm³/mol. The van der Waals surface area contributed by atoms with Gasteiger partial charge in [-0.25, -0.2) is 0 Å². The molecule has 78 valence electrons. The van der Waals surface area contributed by atoms with Gasteiger partial charge in [0.05, 0.1) is 13.2 Å². The zero-order chi connectivity index (χ0) is 9.80. The molecule has 0 saturated carbocycles. The highest BCUT2D eigenvalue weighted by Crippen LogP contribution is 2.16. The Labute approximate surface area is 91.8 Å². The van der Waals surface area contributed by atoms with Gasteiger partial charge in [0.15, 0.2) is 0 Å². The van der Waals surface area contributed by atoms with Crippen molar-refractivity contribution in [2.45, 2.75) is 13.0 Å². The van der Waals surface area contributed by atoms with Crippen LogP contribution in [0, 0.1) is 0 Å². The lowest BCUT2D eigenvalue weighted by Gasteiger charge is -2.16. The summed E-state index contributed by atoms with van der Waals surface area (Å²) in [5, 5.41) is 8.76. The summed E-state index contributed by atoms with van der Waals surface area (Å²) < 4.78 is 5.89. The molecule has 1 aromatic heterocycles. The third kappa shape index (κ3) is 2.88. The van der Waals surface area contributed by atoms with Crippen LogP contribution in [0.25, 0.3) is 0 Å². The van der Waals surface area contributed by atoms with E-state index in [1.165, 1.54) is 11.3 Å². The fourth-order valence-electron chi connectivity index (χ4n) is 1.44. The van der Waals surface area contributed by atoms with Crippen LogP contribution in [0.15, 0.2) is 0 Å². The van der Waals surface area contributed by atoms with Gasteiger partial charge in [0.2, 0.25) is 4.47 Å². The quantitative estimate of drug-likeness (QED) is 0.775. The lowest BCUT2D eigenvalue weighted by molar-refractivity contribution is 0.140. The molecule has 0 radical (unpaired) electrons. The molecule has 6 heteroatoms. The summed E-state index contributed by atoms with van der Waals surface area (Å²) in [6.45, 7) is 4.56. The molecule has 2 heterocycles. The van der Waals surface area contributed by atoms with Crippen molar-refractivity contribution in [3.05, 3.63) is 9.47 Å². The van der Waals surface area contributed by atoms with Gasteiger partial charge in [-0.05, 0) is 18.0 Å². The molecule has 1 aliphatic rings. The molecule has 14 heavy (non-hydrogen) atoms. The minimum absolute atomic E-state index is 0.520. The van der Waals surface area contributed by atoms with Crippen molar-refractivity contribution in [2.75, 3.05) is 26.3 Å². The number of aromatic nitrogens is 2. The Balaban J connectivity index is 1.89. The van der Waals surface area contributed by atoms with Gasteiger partial charge in [0, 0.05) is 19.7 Å². The third-order valence-electron chi connectivity index (χ3n) is 2.12. The number of halogens is 1. The fraction of sp³-hybridized carbons (Fsp3) is 0.750. The van der Waals surface area contributed by atoms with Gasteiger partial charge in [0.1, 0.15) is 5.01 Å². The first-order valence-corrected chi connectivity index (χ1v) is 5.82. The van der Waals surface area contributed by atoms with Crippen LogP contribution in [0.2, 0.25) is 4.47 Å². The van der Waals surface area contributed by atoms with Gasteiger partial charge in [-0.2, -0.15) is 0 Å². The van der Waals surface area contributed by atoms with E-state index in [9.17, 15) is 0 Å². The van der Waals surface area contributed by atoms with E-state index in [1.54, 1.807) is 0 Å². The molecule has 4 nitrogen and oxygen atoms in total. The topological polar surface area (TPSA) is 38.2 Å². The molecule has 0 aliphatic carbocycles. The monoisotopic (exact) mass is 233 g/mol. The first kappa shape index (κ1) is 10.3. The number of nitrogens with zero attached hydrogens (tertiary/aromatic N) is 3. The summed E-state index contributed by atoms with van der Waals surface area (Å²) in [7, 11) is 0. The molecule has 0 aromatic carbocycles. The summed E-state index contributed by atoms with van der Waals surface area (Å²) >= 11 is 7.16. The normalized spacial score (nSPS) is 19.5. The molecule has 2 rings (SSSR count). The maximum Gasteiger partial charge on any atom is 0.207 e. The molecule has 0 bridgehead atoms. The van der Waals surface area contributed by atoms with E-state index in [0.29, 0.717) is 4.47 Å². The van der Waals surface area contributed by atoms with Crippen molar-refractivity contribution in [1.82, 2.24) is 15.1 Å². The molecule has 1 aliphatic heterocycles. The fourth-order valence-corrected chi connectivity index (χ4v) is 2.35. The molecule has 0 atom stereocenters. The second kappa shape index (κ2) is 5.02. The SMILES string of the molecule is Clc1nnc(CN2CCCOCC2)s1. The second-order valence-electron chi connectivity index (χ2n) is 3.19. The largest absolute Gasteiger partial charge is 0.380 e. The molecular weight excluding hydrogens is 222 g/mol. The molecule has 0 spiro atoms. The smallest absolute Gasteiger partial charge is 0.207 e. The van der Waals surface area contributed by atoms with Crippen molar-refractivity contribution in [3.8, 4) is 0 Å². The lowest BCUT2D eigenvalue weighted by atomic mass is 10.4. The molecule has 1 aromatic rings. The van der Waals surface area contributed by atoms with Crippen molar-refractivity contribution >= 4 is 22.9 Å². The summed E-state index contributed by atoms with van der Waals surface area (Å²) in [5.41, 5.74) is 0. The highest BCUT2D eigenvalue weighted by molar-refractivity contribution is 7.15. The van der Waals surface area contributed by atoms with Crippen LogP contribution >= 0.6 is 22.9 Å². The Morgan fingerprint density at radius 3 is 3.07 bits per heavy atom. The second-order valence-corrected chi connectivity index (χ2v) is 4.84. The van der Waals surface area contributed by atoms with Gasteiger partial charge in [-0.1, -0.05) is 11.3 Å². The number of hydrogen-bond donors (Lipinski definition) is 0. The average molecular weight is 234 g/mol. The van der Waals surface area contributed by atoms with E-state index in [4.69, 9.17) is 16.3 Å². The van der Waals surface area contributed by atoms with Crippen LogP contribution in [-0.4, -0.2) is 41.4 Å². The Hall–Kier alpha value is -0.230. The Kier molecular flexibility index (Phi) is 3.69. The van der Waals surface area contributed by atoms with E-state index in [-0.39, 0.29) is 0 Å². The molecule has 0 N–H and O–H groups in total. The van der Waals surface area contributed by atoms with Crippen molar-refractivity contribution in [1.29, 1.82) is 0 Å². The number of ether oxygens (including phenoxy) is 1. The summed E-state index contributed by atoms with van der Waals surface area (Å²) in [5.74, 6) is 0. The summed E-state index contributed by atoms with van der Waals surface area (Å²) in [6.07, 6.45) is 1.09. The van der Waals surface area contributed by atoms with E-state index >= 15 is 0 Å². The highest BCUT2D eigenvalue weighted by atomic mass is 35.5. The lowest BCUT2D eigenvalue weighted by Crippen LogP contribution is -2.25. The highest BCUT2D eigenvalue weighted by Gasteiger charge is 2.11. The predicted octanol–water partition coefficient (Wildman–Crippen LogP) is 1.41. The zero-order valence-corrected chi connectivity index (χ0v) is 9.35. The molecule has 0 amide bonds. The molecule has 1 fully saturated rings. The van der Waals surface area contributed by atoms with Crippen LogP contribution < -0.4 is 0 Å². The Bertz CT molecular complexity index is 286. The summed E-state index contributed by atoms with van der Waals surface area (Å²) in [4.78, 5) is 2.32. The van der Waals surface area contributed by atoms with Crippen molar-refractivity contribution in [3.63, 3.8) is 0 Å². The number of hydrogen-bond acceptors (Lipinski definition) is 5. The zero-order valence-electron chi connectivity index (χ0n) is 7.78. The van der Waals surface area contributed by atoms with Crippen LogP contribution in [0.4, 0.5) is 0 Å². The average Bonchev–Trinajstić information content (AvgIpc) is 2.43. The summed E-state index contributed by atoms with van der Waals surface area (Å²) in [6, 6.07) is 0. The first-order valence-electron chi connectivity index (χ1n) is 4.62. The van der Waals surface area contributed by atoms with Crippen LogP contribution in [-0.2, 0) is 11.3 Å². The van der Waals surface area contributed by atoms with E-state index in [1.807, 2.05) is 0 Å². The van der Waals surface area contributed by atoms with Gasteiger partial charge in [0.25, 0.3) is 0 Å². The molecule has 1 saturated heterocycles. The van der Waals surface area contributed by atoms with E-state index in [2.05, 4.69) is 15.1 Å².